The number of rotatable bonds is 4. The Morgan fingerprint density at radius 2 is 1.67 bits per heavy atom. The maximum atomic E-state index is 12.5. The van der Waals surface area contributed by atoms with Crippen molar-refractivity contribution in [3.05, 3.63) is 23.5 Å². The lowest BCUT2D eigenvalue weighted by Gasteiger charge is -2.41. The molecule has 8 heteroatoms. The average molecular weight is 457 g/mol. The maximum Gasteiger partial charge on any atom is 0.410 e. The lowest BCUT2D eigenvalue weighted by atomic mass is 9.85. The highest BCUT2D eigenvalue weighted by Crippen LogP contribution is 2.34. The van der Waals surface area contributed by atoms with Crippen molar-refractivity contribution in [1.82, 2.24) is 14.9 Å². The van der Waals surface area contributed by atoms with Crippen molar-refractivity contribution in [3.8, 4) is 0 Å². The normalized spacial score (nSPS) is 25.1. The molecule has 3 fully saturated rings. The first-order valence-electron chi connectivity index (χ1n) is 12.2. The standard InChI is InChI=1S/C25H36N4O4/c1-5-32-22(30)19-8-6-17(7-9-19)12-18-13-26-23(27-14-18)29-20-10-11-21(29)16-28(15-20)24(31)33-25(2,3)4/h12-14,19-21H,5-11,15-16H2,1-4H3. The first-order chi connectivity index (χ1) is 15.7. The summed E-state index contributed by atoms with van der Waals surface area (Å²) in [7, 11) is 0. The van der Waals surface area contributed by atoms with Crippen LogP contribution in [0.2, 0.25) is 0 Å². The Balaban J connectivity index is 1.35. The molecule has 2 atom stereocenters. The van der Waals surface area contributed by atoms with Gasteiger partial charge in [0.15, 0.2) is 0 Å². The van der Waals surface area contributed by atoms with Crippen LogP contribution in [0.15, 0.2) is 18.0 Å². The van der Waals surface area contributed by atoms with Crippen molar-refractivity contribution in [2.45, 2.75) is 83.9 Å². The minimum Gasteiger partial charge on any atom is -0.466 e. The number of fused-ring (bicyclic) bond motifs is 2. The Labute approximate surface area is 196 Å². The van der Waals surface area contributed by atoms with Crippen LogP contribution >= 0.6 is 0 Å². The summed E-state index contributed by atoms with van der Waals surface area (Å²) in [6.45, 7) is 9.26. The van der Waals surface area contributed by atoms with Crippen molar-refractivity contribution in [3.63, 3.8) is 0 Å². The Hall–Kier alpha value is -2.64. The molecule has 1 saturated carbocycles. The van der Waals surface area contributed by atoms with Crippen molar-refractivity contribution in [2.75, 3.05) is 24.6 Å². The Morgan fingerprint density at radius 1 is 1.06 bits per heavy atom. The number of carbonyl (C=O) groups excluding carboxylic acids is 2. The topological polar surface area (TPSA) is 84.9 Å². The fourth-order valence-electron chi connectivity index (χ4n) is 5.11. The fourth-order valence-corrected chi connectivity index (χ4v) is 5.11. The van der Waals surface area contributed by atoms with E-state index >= 15 is 0 Å². The molecule has 33 heavy (non-hydrogen) atoms. The zero-order valence-corrected chi connectivity index (χ0v) is 20.2. The van der Waals surface area contributed by atoms with E-state index < -0.39 is 5.60 Å². The van der Waals surface area contributed by atoms with Gasteiger partial charge in [-0.05, 0) is 66.2 Å². The second-order valence-corrected chi connectivity index (χ2v) is 10.3. The van der Waals surface area contributed by atoms with E-state index in [9.17, 15) is 9.59 Å². The number of amides is 1. The van der Waals surface area contributed by atoms with Crippen LogP contribution in [0.5, 0.6) is 0 Å². The number of hydrogen-bond donors (Lipinski definition) is 0. The first-order valence-corrected chi connectivity index (χ1v) is 12.2. The molecule has 2 unspecified atom stereocenters. The van der Waals surface area contributed by atoms with Gasteiger partial charge in [-0.1, -0.05) is 11.6 Å². The Morgan fingerprint density at radius 3 is 2.21 bits per heavy atom. The van der Waals surface area contributed by atoms with E-state index in [1.54, 1.807) is 0 Å². The maximum absolute atomic E-state index is 12.5. The van der Waals surface area contributed by atoms with Gasteiger partial charge in [-0.15, -0.1) is 0 Å². The van der Waals surface area contributed by atoms with Gasteiger partial charge in [-0.3, -0.25) is 4.79 Å². The molecule has 2 saturated heterocycles. The number of nitrogens with zero attached hydrogens (tertiary/aromatic N) is 4. The highest BCUT2D eigenvalue weighted by atomic mass is 16.6. The number of ether oxygens (including phenoxy) is 2. The minimum absolute atomic E-state index is 0.0237. The van der Waals surface area contributed by atoms with Gasteiger partial charge in [0.2, 0.25) is 5.95 Å². The van der Waals surface area contributed by atoms with Gasteiger partial charge >= 0.3 is 12.1 Å². The zero-order chi connectivity index (χ0) is 23.6. The van der Waals surface area contributed by atoms with E-state index in [1.165, 1.54) is 5.57 Å². The molecular formula is C25H36N4O4. The summed E-state index contributed by atoms with van der Waals surface area (Å²) in [6, 6.07) is 0.442. The summed E-state index contributed by atoms with van der Waals surface area (Å²) in [5.74, 6) is 0.695. The van der Waals surface area contributed by atoms with Crippen LogP contribution in [-0.4, -0.2) is 64.3 Å². The van der Waals surface area contributed by atoms with Crippen molar-refractivity contribution < 1.29 is 19.1 Å². The molecule has 2 bridgehead atoms. The fraction of sp³-hybridized carbons (Fsp3) is 0.680. The summed E-state index contributed by atoms with van der Waals surface area (Å²) in [5, 5.41) is 0. The van der Waals surface area contributed by atoms with Gasteiger partial charge in [-0.2, -0.15) is 0 Å². The third kappa shape index (κ3) is 5.65. The van der Waals surface area contributed by atoms with E-state index in [0.717, 1.165) is 50.0 Å². The number of hydrogen-bond acceptors (Lipinski definition) is 7. The van der Waals surface area contributed by atoms with Crippen molar-refractivity contribution in [2.24, 2.45) is 5.92 Å². The summed E-state index contributed by atoms with van der Waals surface area (Å²) < 4.78 is 10.7. The predicted molar refractivity (Wildman–Crippen MR) is 126 cm³/mol. The lowest BCUT2D eigenvalue weighted by Crippen LogP contribution is -2.56. The molecule has 180 valence electrons. The summed E-state index contributed by atoms with van der Waals surface area (Å²) >= 11 is 0. The number of carbonyl (C=O) groups is 2. The highest BCUT2D eigenvalue weighted by molar-refractivity contribution is 5.73. The van der Waals surface area contributed by atoms with Gasteiger partial charge < -0.3 is 19.3 Å². The van der Waals surface area contributed by atoms with Gasteiger partial charge in [0.1, 0.15) is 5.60 Å². The van der Waals surface area contributed by atoms with Gasteiger partial charge in [0, 0.05) is 31.0 Å². The van der Waals surface area contributed by atoms with Crippen molar-refractivity contribution >= 4 is 24.1 Å². The smallest absolute Gasteiger partial charge is 0.410 e. The summed E-state index contributed by atoms with van der Waals surface area (Å²) in [4.78, 5) is 37.9. The molecule has 0 radical (unpaired) electrons. The van der Waals surface area contributed by atoms with E-state index in [0.29, 0.717) is 19.7 Å². The monoisotopic (exact) mass is 456 g/mol. The number of esters is 1. The summed E-state index contributed by atoms with van der Waals surface area (Å²) in [6.07, 6.45) is 11.2. The minimum atomic E-state index is -0.487. The van der Waals surface area contributed by atoms with Crippen molar-refractivity contribution in [1.29, 1.82) is 0 Å². The van der Waals surface area contributed by atoms with E-state index in [2.05, 4.69) is 20.9 Å². The molecule has 8 nitrogen and oxygen atoms in total. The van der Waals surface area contributed by atoms with Crippen LogP contribution in [0.3, 0.4) is 0 Å². The van der Waals surface area contributed by atoms with Crippen LogP contribution in [-0.2, 0) is 14.3 Å². The van der Waals surface area contributed by atoms with Gasteiger partial charge in [0.25, 0.3) is 0 Å². The third-order valence-corrected chi connectivity index (χ3v) is 6.64. The van der Waals surface area contributed by atoms with Crippen LogP contribution in [0.25, 0.3) is 6.08 Å². The predicted octanol–water partition coefficient (Wildman–Crippen LogP) is 4.20. The zero-order valence-electron chi connectivity index (χ0n) is 20.2. The second kappa shape index (κ2) is 9.69. The molecule has 1 aromatic heterocycles. The van der Waals surface area contributed by atoms with Crippen LogP contribution in [0.4, 0.5) is 10.7 Å². The SMILES string of the molecule is CCOC(=O)C1CCC(=Cc2cnc(N3C4CCC3CN(C(=O)OC(C)(C)C)C4)nc2)CC1. The number of allylic oxidation sites excluding steroid dienone is 1. The van der Waals surface area contributed by atoms with E-state index in [-0.39, 0.29) is 30.1 Å². The Kier molecular flexibility index (Phi) is 6.91. The molecule has 1 aliphatic carbocycles. The van der Waals surface area contributed by atoms with Crippen LogP contribution < -0.4 is 4.90 Å². The molecule has 0 N–H and O–H groups in total. The lowest BCUT2D eigenvalue weighted by molar-refractivity contribution is -0.148. The molecule has 0 spiro atoms. The van der Waals surface area contributed by atoms with Crippen LogP contribution in [0.1, 0.15) is 71.8 Å². The summed E-state index contributed by atoms with van der Waals surface area (Å²) in [5.41, 5.74) is 1.83. The van der Waals surface area contributed by atoms with Gasteiger partial charge in [-0.25, -0.2) is 14.8 Å². The molecule has 4 rings (SSSR count). The molecule has 1 aromatic rings. The van der Waals surface area contributed by atoms with E-state index in [4.69, 9.17) is 9.47 Å². The first kappa shape index (κ1) is 23.5. The van der Waals surface area contributed by atoms with E-state index in [1.807, 2.05) is 45.0 Å². The van der Waals surface area contributed by atoms with Crippen LogP contribution in [0, 0.1) is 5.92 Å². The quantitative estimate of drug-likeness (QED) is 0.628. The molecule has 3 heterocycles. The molecule has 2 aliphatic heterocycles. The number of aromatic nitrogens is 2. The van der Waals surface area contributed by atoms with Gasteiger partial charge in [0.05, 0.1) is 24.6 Å². The number of anilines is 1. The number of likely N-dealkylation sites (tertiary alicyclic amines) is 1. The second-order valence-electron chi connectivity index (χ2n) is 10.3. The Bertz CT molecular complexity index is 869. The highest BCUT2D eigenvalue weighted by Gasteiger charge is 2.43. The largest absolute Gasteiger partial charge is 0.466 e. The average Bonchev–Trinajstić information content (AvgIpc) is 3.02. The third-order valence-electron chi connectivity index (χ3n) is 6.64. The molecular weight excluding hydrogens is 420 g/mol. The number of piperazine rings is 1. The molecule has 1 amide bonds. The molecule has 0 aromatic carbocycles. The molecule has 3 aliphatic rings.